The molecule has 11 rings (SSSR count). The van der Waals surface area contributed by atoms with Gasteiger partial charge in [0, 0.05) is 27.7 Å². The zero-order chi connectivity index (χ0) is 36.7. The molecule has 55 heavy (non-hydrogen) atoms. The van der Waals surface area contributed by atoms with Crippen molar-refractivity contribution < 1.29 is 9.47 Å². The second-order valence-corrected chi connectivity index (χ2v) is 14.8. The molecule has 1 aliphatic heterocycles. The molecule has 5 heteroatoms. The molecule has 2 heterocycles. The van der Waals surface area contributed by atoms with Gasteiger partial charge in [-0.25, -0.2) is 15.0 Å². The van der Waals surface area contributed by atoms with Crippen molar-refractivity contribution in [3.05, 3.63) is 175 Å². The molecule has 1 aliphatic carbocycles. The summed E-state index contributed by atoms with van der Waals surface area (Å²) in [5.74, 6) is 4.63. The van der Waals surface area contributed by atoms with Gasteiger partial charge in [-0.2, -0.15) is 0 Å². The van der Waals surface area contributed by atoms with Crippen molar-refractivity contribution in [3.8, 4) is 79.4 Å². The van der Waals surface area contributed by atoms with E-state index in [9.17, 15) is 0 Å². The lowest BCUT2D eigenvalue weighted by atomic mass is 9.82. The molecule has 0 saturated carbocycles. The lowest BCUT2D eigenvalue weighted by molar-refractivity contribution is 0.360. The van der Waals surface area contributed by atoms with Gasteiger partial charge in [-0.15, -0.1) is 0 Å². The molecule has 0 unspecified atom stereocenters. The Bertz CT molecular complexity index is 3020. The number of nitrogens with zero attached hydrogens (tertiary/aromatic N) is 3. The Kier molecular flexibility index (Phi) is 6.83. The molecule has 0 spiro atoms. The summed E-state index contributed by atoms with van der Waals surface area (Å²) in [6.45, 7) is 4.55. The molecule has 0 radical (unpaired) electrons. The third-order valence-corrected chi connectivity index (χ3v) is 11.2. The van der Waals surface area contributed by atoms with Crippen LogP contribution < -0.4 is 9.47 Å². The number of fused-ring (bicyclic) bond motifs is 8. The van der Waals surface area contributed by atoms with Gasteiger partial charge >= 0.3 is 0 Å². The van der Waals surface area contributed by atoms with Gasteiger partial charge < -0.3 is 9.47 Å². The summed E-state index contributed by atoms with van der Waals surface area (Å²) in [5.41, 5.74) is 9.46. The molecule has 0 bridgehead atoms. The SMILES string of the molecule is CC1(C)c2ccccc2-c2cc3c(cc21)Oc1c(cccc1-c1cccc(-c2nc(-c4ccccc4)nc(-c4ccc5c(ccc6ccccc65)c4)n2)c1)O3. The Morgan fingerprint density at radius 1 is 0.382 bits per heavy atom. The van der Waals surface area contributed by atoms with Gasteiger partial charge in [0.15, 0.2) is 40.5 Å². The molecule has 0 saturated heterocycles. The highest BCUT2D eigenvalue weighted by Gasteiger charge is 2.37. The third kappa shape index (κ3) is 5.04. The fourth-order valence-corrected chi connectivity index (χ4v) is 8.35. The van der Waals surface area contributed by atoms with Crippen molar-refractivity contribution in [1.29, 1.82) is 0 Å². The minimum atomic E-state index is -0.151. The predicted octanol–water partition coefficient (Wildman–Crippen LogP) is 13.1. The summed E-state index contributed by atoms with van der Waals surface area (Å²) in [6, 6.07) is 56.6. The van der Waals surface area contributed by atoms with E-state index in [4.69, 9.17) is 24.4 Å². The fraction of sp³-hybridized carbons (Fsp3) is 0.0600. The Labute approximate surface area is 318 Å². The van der Waals surface area contributed by atoms with Crippen molar-refractivity contribution in [3.63, 3.8) is 0 Å². The maximum atomic E-state index is 6.78. The van der Waals surface area contributed by atoms with Gasteiger partial charge in [0.2, 0.25) is 0 Å². The van der Waals surface area contributed by atoms with E-state index in [0.29, 0.717) is 34.7 Å². The van der Waals surface area contributed by atoms with E-state index in [1.165, 1.54) is 38.4 Å². The van der Waals surface area contributed by atoms with Crippen molar-refractivity contribution in [1.82, 2.24) is 15.0 Å². The van der Waals surface area contributed by atoms with Gasteiger partial charge in [-0.1, -0.05) is 147 Å². The van der Waals surface area contributed by atoms with Gasteiger partial charge in [0.1, 0.15) is 0 Å². The number of para-hydroxylation sites is 1. The quantitative estimate of drug-likeness (QED) is 0.170. The van der Waals surface area contributed by atoms with Crippen molar-refractivity contribution >= 4 is 21.5 Å². The smallest absolute Gasteiger partial charge is 0.177 e. The van der Waals surface area contributed by atoms with Gasteiger partial charge in [0.05, 0.1) is 0 Å². The van der Waals surface area contributed by atoms with Crippen LogP contribution in [-0.4, -0.2) is 15.0 Å². The highest BCUT2D eigenvalue weighted by Crippen LogP contribution is 2.56. The monoisotopic (exact) mass is 707 g/mol. The van der Waals surface area contributed by atoms with Crippen LogP contribution in [0.4, 0.5) is 0 Å². The van der Waals surface area contributed by atoms with Crippen LogP contribution in [0.15, 0.2) is 164 Å². The summed E-state index contributed by atoms with van der Waals surface area (Å²) in [4.78, 5) is 15.2. The molecule has 0 N–H and O–H groups in total. The Hall–Kier alpha value is -7.11. The largest absolute Gasteiger partial charge is 0.449 e. The first-order valence-electron chi connectivity index (χ1n) is 18.6. The van der Waals surface area contributed by atoms with E-state index in [1.54, 1.807) is 0 Å². The average molecular weight is 708 g/mol. The maximum Gasteiger partial charge on any atom is 0.177 e. The number of benzene rings is 8. The van der Waals surface area contributed by atoms with Crippen LogP contribution in [0.3, 0.4) is 0 Å². The Morgan fingerprint density at radius 3 is 1.89 bits per heavy atom. The molecule has 1 aromatic heterocycles. The Balaban J connectivity index is 0.999. The van der Waals surface area contributed by atoms with E-state index >= 15 is 0 Å². The first-order chi connectivity index (χ1) is 27.0. The number of aromatic nitrogens is 3. The summed E-state index contributed by atoms with van der Waals surface area (Å²) in [5, 5.41) is 4.78. The number of ether oxygens (including phenoxy) is 2. The lowest BCUT2D eigenvalue weighted by Gasteiger charge is -2.26. The molecular formula is C50H33N3O2. The van der Waals surface area contributed by atoms with Gasteiger partial charge in [-0.3, -0.25) is 0 Å². The summed E-state index contributed by atoms with van der Waals surface area (Å²) in [6.07, 6.45) is 0. The molecule has 0 atom stereocenters. The normalized spacial score (nSPS) is 13.3. The maximum absolute atomic E-state index is 6.78. The molecule has 8 aromatic carbocycles. The van der Waals surface area contributed by atoms with E-state index in [2.05, 4.69) is 129 Å². The number of rotatable bonds is 4. The number of hydrogen-bond acceptors (Lipinski definition) is 5. The first-order valence-corrected chi connectivity index (χ1v) is 18.6. The molecule has 260 valence electrons. The second kappa shape index (κ2) is 12.0. The third-order valence-electron chi connectivity index (χ3n) is 11.2. The summed E-state index contributed by atoms with van der Waals surface area (Å²) >= 11 is 0. The highest BCUT2D eigenvalue weighted by molar-refractivity contribution is 6.08. The minimum Gasteiger partial charge on any atom is -0.449 e. The zero-order valence-electron chi connectivity index (χ0n) is 30.2. The lowest BCUT2D eigenvalue weighted by Crippen LogP contribution is -2.15. The van der Waals surface area contributed by atoms with Crippen LogP contribution >= 0.6 is 0 Å². The number of hydrogen-bond donors (Lipinski definition) is 0. The highest BCUT2D eigenvalue weighted by atomic mass is 16.6. The van der Waals surface area contributed by atoms with Gasteiger partial charge in [-0.05, 0) is 79.7 Å². The average Bonchev–Trinajstić information content (AvgIpc) is 3.46. The van der Waals surface area contributed by atoms with E-state index in [-0.39, 0.29) is 5.41 Å². The van der Waals surface area contributed by atoms with Crippen LogP contribution in [-0.2, 0) is 5.41 Å². The van der Waals surface area contributed by atoms with Crippen molar-refractivity contribution in [2.75, 3.05) is 0 Å². The van der Waals surface area contributed by atoms with Crippen molar-refractivity contribution in [2.24, 2.45) is 0 Å². The first kappa shape index (κ1) is 31.4. The summed E-state index contributed by atoms with van der Waals surface area (Å²) < 4.78 is 13.4. The van der Waals surface area contributed by atoms with Crippen LogP contribution in [0.25, 0.3) is 78.0 Å². The van der Waals surface area contributed by atoms with Crippen LogP contribution in [0.5, 0.6) is 23.0 Å². The molecule has 0 fully saturated rings. The van der Waals surface area contributed by atoms with Crippen LogP contribution in [0.1, 0.15) is 25.0 Å². The minimum absolute atomic E-state index is 0.151. The fourth-order valence-electron chi connectivity index (χ4n) is 8.35. The molecule has 9 aromatic rings. The van der Waals surface area contributed by atoms with E-state index in [0.717, 1.165) is 39.0 Å². The standard InChI is InChI=1S/C50H33N3O2/c1-50(2)41-20-9-8-18-39(41)40-28-44-45(29-42(40)50)55-46-38(19-11-21-43(46)54-44)32-15-10-16-34(26-32)48-51-47(31-13-4-3-5-14-31)52-49(53-48)35-24-25-37-33(27-35)23-22-30-12-6-7-17-36(30)37/h3-29H,1-2H3. The van der Waals surface area contributed by atoms with E-state index in [1.807, 2.05) is 48.5 Å². The molecule has 2 aliphatic rings. The van der Waals surface area contributed by atoms with Crippen LogP contribution in [0.2, 0.25) is 0 Å². The van der Waals surface area contributed by atoms with Crippen molar-refractivity contribution in [2.45, 2.75) is 19.3 Å². The Morgan fingerprint density at radius 2 is 1.02 bits per heavy atom. The molecular weight excluding hydrogens is 675 g/mol. The predicted molar refractivity (Wildman–Crippen MR) is 221 cm³/mol. The topological polar surface area (TPSA) is 57.1 Å². The van der Waals surface area contributed by atoms with Crippen LogP contribution in [0, 0.1) is 0 Å². The second-order valence-electron chi connectivity index (χ2n) is 14.8. The molecule has 0 amide bonds. The molecule has 5 nitrogen and oxygen atoms in total. The summed E-state index contributed by atoms with van der Waals surface area (Å²) in [7, 11) is 0. The van der Waals surface area contributed by atoms with Gasteiger partial charge in [0.25, 0.3) is 0 Å². The van der Waals surface area contributed by atoms with E-state index < -0.39 is 0 Å². The zero-order valence-corrected chi connectivity index (χ0v) is 30.2.